The summed E-state index contributed by atoms with van der Waals surface area (Å²) in [5.74, 6) is 2.03. The summed E-state index contributed by atoms with van der Waals surface area (Å²) < 4.78 is 17.1. The molecule has 0 spiro atoms. The number of hydrogen-bond donors (Lipinski definition) is 1. The van der Waals surface area contributed by atoms with E-state index in [1.54, 1.807) is 18.2 Å². The Bertz CT molecular complexity index is 1280. The van der Waals surface area contributed by atoms with Gasteiger partial charge in [0.05, 0.1) is 13.7 Å². The summed E-state index contributed by atoms with van der Waals surface area (Å²) in [4.78, 5) is 19.6. The molecule has 0 saturated heterocycles. The van der Waals surface area contributed by atoms with Crippen molar-refractivity contribution in [3.63, 3.8) is 0 Å². The van der Waals surface area contributed by atoms with Crippen molar-refractivity contribution in [1.82, 2.24) is 9.88 Å². The van der Waals surface area contributed by atoms with Crippen LogP contribution in [-0.4, -0.2) is 36.2 Å². The van der Waals surface area contributed by atoms with Crippen LogP contribution in [0.25, 0.3) is 0 Å². The summed E-state index contributed by atoms with van der Waals surface area (Å²) in [6, 6.07) is 28.7. The van der Waals surface area contributed by atoms with E-state index in [0.717, 1.165) is 22.6 Å². The van der Waals surface area contributed by atoms with E-state index in [-0.39, 0.29) is 6.03 Å². The average molecular weight is 512 g/mol. The molecule has 0 aliphatic heterocycles. The Morgan fingerprint density at radius 1 is 0.868 bits per heavy atom. The minimum absolute atomic E-state index is 0.201. The largest absolute Gasteiger partial charge is 0.494 e. The summed E-state index contributed by atoms with van der Waals surface area (Å²) in [5, 5.41) is 3.01. The number of methoxy groups -OCH3 is 1. The van der Waals surface area contributed by atoms with Crippen LogP contribution >= 0.6 is 0 Å². The zero-order valence-corrected chi connectivity index (χ0v) is 21.8. The van der Waals surface area contributed by atoms with E-state index in [0.29, 0.717) is 49.9 Å². The first-order chi connectivity index (χ1) is 18.6. The number of amides is 2. The number of pyridine rings is 1. The molecule has 1 aromatic heterocycles. The predicted octanol–water partition coefficient (Wildman–Crippen LogP) is 6.34. The first-order valence-electron chi connectivity index (χ1n) is 12.7. The van der Waals surface area contributed by atoms with Crippen LogP contribution in [-0.2, 0) is 19.6 Å². The molecule has 0 radical (unpaired) electrons. The van der Waals surface area contributed by atoms with Crippen molar-refractivity contribution in [3.8, 4) is 17.2 Å². The summed E-state index contributed by atoms with van der Waals surface area (Å²) in [6.45, 7) is 3.83. The molecular weight excluding hydrogens is 478 g/mol. The summed E-state index contributed by atoms with van der Waals surface area (Å²) in [7, 11) is 1.62. The van der Waals surface area contributed by atoms with Crippen LogP contribution in [0.1, 0.15) is 23.7 Å². The highest BCUT2D eigenvalue weighted by molar-refractivity contribution is 5.89. The molecule has 1 heterocycles. The highest BCUT2D eigenvalue weighted by atomic mass is 16.5. The van der Waals surface area contributed by atoms with Gasteiger partial charge < -0.3 is 24.4 Å². The molecule has 0 aliphatic rings. The average Bonchev–Trinajstić information content (AvgIpc) is 2.96. The Labute approximate surface area is 224 Å². The number of rotatable bonds is 12. The van der Waals surface area contributed by atoms with Gasteiger partial charge in [-0.05, 0) is 66.6 Å². The van der Waals surface area contributed by atoms with Crippen LogP contribution in [0.5, 0.6) is 17.2 Å². The summed E-state index contributed by atoms with van der Waals surface area (Å²) in [6.07, 6.45) is 2.39. The molecule has 196 valence electrons. The molecule has 2 amide bonds. The first-order valence-corrected chi connectivity index (χ1v) is 12.7. The van der Waals surface area contributed by atoms with E-state index in [1.165, 1.54) is 0 Å². The maximum atomic E-state index is 13.4. The minimum Gasteiger partial charge on any atom is -0.494 e. The second-order valence-electron chi connectivity index (χ2n) is 8.64. The molecule has 0 atom stereocenters. The van der Waals surface area contributed by atoms with E-state index in [9.17, 15) is 4.79 Å². The van der Waals surface area contributed by atoms with Crippen LogP contribution < -0.4 is 19.5 Å². The van der Waals surface area contributed by atoms with Crippen molar-refractivity contribution in [3.05, 3.63) is 114 Å². The van der Waals surface area contributed by atoms with Crippen molar-refractivity contribution < 1.29 is 19.0 Å². The molecule has 3 aromatic carbocycles. The molecule has 4 rings (SSSR count). The van der Waals surface area contributed by atoms with Crippen LogP contribution in [0.15, 0.2) is 97.2 Å². The molecule has 0 aliphatic carbocycles. The zero-order valence-electron chi connectivity index (χ0n) is 21.8. The molecule has 0 saturated carbocycles. The Hall–Kier alpha value is -4.52. The Morgan fingerprint density at radius 2 is 1.66 bits per heavy atom. The number of nitrogens with one attached hydrogen (secondary N) is 1. The van der Waals surface area contributed by atoms with Crippen LogP contribution in [0.4, 0.5) is 10.5 Å². The van der Waals surface area contributed by atoms with Gasteiger partial charge in [0.2, 0.25) is 0 Å². The fraction of sp³-hybridized carbons (Fsp3) is 0.226. The highest BCUT2D eigenvalue weighted by Gasteiger charge is 2.17. The second kappa shape index (κ2) is 13.7. The third-order valence-electron chi connectivity index (χ3n) is 5.91. The number of nitrogens with zero attached hydrogens (tertiary/aromatic N) is 2. The molecule has 0 fully saturated rings. The number of carbonyl (C=O) groups is 1. The number of urea groups is 1. The van der Waals surface area contributed by atoms with Crippen LogP contribution in [0.3, 0.4) is 0 Å². The second-order valence-corrected chi connectivity index (χ2v) is 8.64. The Balaban J connectivity index is 1.50. The SMILES string of the molecule is CCOc1ccc(NC(=O)N(CCc2ccccn2)Cc2ccc(OC)c(OCc3ccccc3)c2)cc1. The third kappa shape index (κ3) is 7.74. The van der Waals surface area contributed by atoms with Gasteiger partial charge in [-0.3, -0.25) is 4.98 Å². The number of aromatic nitrogens is 1. The van der Waals surface area contributed by atoms with Gasteiger partial charge in [0, 0.05) is 37.1 Å². The number of benzene rings is 3. The van der Waals surface area contributed by atoms with Crippen molar-refractivity contribution in [2.24, 2.45) is 0 Å². The Kier molecular flexibility index (Phi) is 9.56. The molecule has 7 nitrogen and oxygen atoms in total. The van der Waals surface area contributed by atoms with Gasteiger partial charge in [-0.2, -0.15) is 0 Å². The molecule has 7 heteroatoms. The molecule has 0 bridgehead atoms. The van der Waals surface area contributed by atoms with Gasteiger partial charge in [0.1, 0.15) is 12.4 Å². The van der Waals surface area contributed by atoms with Crippen molar-refractivity contribution in [2.45, 2.75) is 26.5 Å². The molecule has 4 aromatic rings. The topological polar surface area (TPSA) is 72.9 Å². The van der Waals surface area contributed by atoms with Gasteiger partial charge in [-0.25, -0.2) is 4.79 Å². The van der Waals surface area contributed by atoms with Gasteiger partial charge >= 0.3 is 6.03 Å². The van der Waals surface area contributed by atoms with Gasteiger partial charge in [-0.1, -0.05) is 42.5 Å². The normalized spacial score (nSPS) is 10.5. The van der Waals surface area contributed by atoms with Crippen LogP contribution in [0, 0.1) is 0 Å². The lowest BCUT2D eigenvalue weighted by Crippen LogP contribution is -2.36. The first kappa shape index (κ1) is 26.5. The summed E-state index contributed by atoms with van der Waals surface area (Å²) in [5.41, 5.74) is 3.61. The fourth-order valence-corrected chi connectivity index (χ4v) is 3.94. The summed E-state index contributed by atoms with van der Waals surface area (Å²) >= 11 is 0. The molecular formula is C31H33N3O4. The zero-order chi connectivity index (χ0) is 26.6. The predicted molar refractivity (Wildman–Crippen MR) is 149 cm³/mol. The molecule has 38 heavy (non-hydrogen) atoms. The number of hydrogen-bond acceptors (Lipinski definition) is 5. The number of carbonyl (C=O) groups excluding carboxylic acids is 1. The standard InChI is InChI=1S/C31H33N3O4/c1-3-37-28-15-13-27(14-16-28)33-31(35)34(20-18-26-11-7-8-19-32-26)22-25-12-17-29(36-2)30(21-25)38-23-24-9-5-4-6-10-24/h4-17,19,21H,3,18,20,22-23H2,1-2H3,(H,33,35). The monoisotopic (exact) mass is 511 g/mol. The fourth-order valence-electron chi connectivity index (χ4n) is 3.94. The van der Waals surface area contributed by atoms with Crippen LogP contribution in [0.2, 0.25) is 0 Å². The van der Waals surface area contributed by atoms with Gasteiger partial charge in [0.25, 0.3) is 0 Å². The molecule has 0 unspecified atom stereocenters. The van der Waals surface area contributed by atoms with E-state index >= 15 is 0 Å². The van der Waals surface area contributed by atoms with Gasteiger partial charge in [-0.15, -0.1) is 0 Å². The number of anilines is 1. The van der Waals surface area contributed by atoms with E-state index in [2.05, 4.69) is 10.3 Å². The third-order valence-corrected chi connectivity index (χ3v) is 5.91. The van der Waals surface area contributed by atoms with Gasteiger partial charge in [0.15, 0.2) is 11.5 Å². The number of ether oxygens (including phenoxy) is 3. The van der Waals surface area contributed by atoms with E-state index in [1.807, 2.05) is 97.9 Å². The van der Waals surface area contributed by atoms with E-state index < -0.39 is 0 Å². The Morgan fingerprint density at radius 3 is 2.37 bits per heavy atom. The van der Waals surface area contributed by atoms with E-state index in [4.69, 9.17) is 14.2 Å². The van der Waals surface area contributed by atoms with Crippen molar-refractivity contribution in [1.29, 1.82) is 0 Å². The smallest absolute Gasteiger partial charge is 0.322 e. The van der Waals surface area contributed by atoms with Crippen molar-refractivity contribution >= 4 is 11.7 Å². The minimum atomic E-state index is -0.201. The lowest BCUT2D eigenvalue weighted by atomic mass is 10.1. The highest BCUT2D eigenvalue weighted by Crippen LogP contribution is 2.29. The molecule has 1 N–H and O–H groups in total. The van der Waals surface area contributed by atoms with Crippen molar-refractivity contribution in [2.75, 3.05) is 25.6 Å². The maximum Gasteiger partial charge on any atom is 0.322 e. The quantitative estimate of drug-likeness (QED) is 0.240. The maximum absolute atomic E-state index is 13.4. The lowest BCUT2D eigenvalue weighted by Gasteiger charge is -2.24. The lowest BCUT2D eigenvalue weighted by molar-refractivity contribution is 0.209.